The van der Waals surface area contributed by atoms with Gasteiger partial charge in [0, 0.05) is 18.6 Å². The molecule has 0 fully saturated rings. The Kier molecular flexibility index (Phi) is 5.43. The number of carbonyl (C=O) groups excluding carboxylic acids is 1. The van der Waals surface area contributed by atoms with Crippen molar-refractivity contribution in [1.29, 1.82) is 0 Å². The van der Waals surface area contributed by atoms with Crippen LogP contribution in [0, 0.1) is 10.1 Å². The summed E-state index contributed by atoms with van der Waals surface area (Å²) in [5.74, 6) is 0.167. The molecule has 3 aromatic rings. The number of rotatable bonds is 7. The van der Waals surface area contributed by atoms with Crippen LogP contribution in [0.3, 0.4) is 0 Å². The van der Waals surface area contributed by atoms with Crippen LogP contribution in [0.15, 0.2) is 42.5 Å². The molecule has 134 valence electrons. The fourth-order valence-corrected chi connectivity index (χ4v) is 3.56. The van der Waals surface area contributed by atoms with E-state index in [9.17, 15) is 14.9 Å². The van der Waals surface area contributed by atoms with Gasteiger partial charge in [-0.25, -0.2) is 4.98 Å². The van der Waals surface area contributed by atoms with Crippen LogP contribution < -0.4 is 10.1 Å². The molecule has 0 spiro atoms. The highest BCUT2D eigenvalue weighted by atomic mass is 32.1. The molecule has 0 radical (unpaired) electrons. The molecule has 0 aliphatic rings. The van der Waals surface area contributed by atoms with Crippen molar-refractivity contribution in [3.63, 3.8) is 0 Å². The second kappa shape index (κ2) is 7.92. The highest BCUT2D eigenvalue weighted by Gasteiger charge is 2.14. The first-order valence-electron chi connectivity index (χ1n) is 8.03. The van der Waals surface area contributed by atoms with Crippen molar-refractivity contribution >= 4 is 38.8 Å². The minimum atomic E-state index is -0.512. The van der Waals surface area contributed by atoms with Gasteiger partial charge in [-0.3, -0.25) is 14.9 Å². The lowest BCUT2D eigenvalue weighted by Crippen LogP contribution is -2.12. The summed E-state index contributed by atoms with van der Waals surface area (Å²) in [6.07, 6.45) is 1.64. The van der Waals surface area contributed by atoms with E-state index in [0.29, 0.717) is 30.7 Å². The van der Waals surface area contributed by atoms with Crippen LogP contribution in [0.1, 0.15) is 17.8 Å². The monoisotopic (exact) mass is 371 g/mol. The molecule has 1 heterocycles. The quantitative estimate of drug-likeness (QED) is 0.497. The lowest BCUT2D eigenvalue weighted by atomic mass is 10.2. The summed E-state index contributed by atoms with van der Waals surface area (Å²) in [5.41, 5.74) is 1.17. The topological polar surface area (TPSA) is 94.4 Å². The van der Waals surface area contributed by atoms with E-state index < -0.39 is 4.92 Å². The number of amides is 1. The number of nitrogens with zero attached hydrogens (tertiary/aromatic N) is 2. The van der Waals surface area contributed by atoms with Gasteiger partial charge in [0.05, 0.1) is 32.9 Å². The third-order valence-corrected chi connectivity index (χ3v) is 4.90. The number of hydrogen-bond donors (Lipinski definition) is 1. The number of benzene rings is 2. The molecule has 0 aliphatic carbocycles. The number of carbonyl (C=O) groups is 1. The zero-order valence-electron chi connectivity index (χ0n) is 14.1. The van der Waals surface area contributed by atoms with E-state index in [0.717, 1.165) is 15.2 Å². The zero-order valence-corrected chi connectivity index (χ0v) is 14.9. The number of methoxy groups -OCH3 is 1. The fraction of sp³-hybridized carbons (Fsp3) is 0.222. The summed E-state index contributed by atoms with van der Waals surface area (Å²) in [6, 6.07) is 12.0. The van der Waals surface area contributed by atoms with E-state index in [-0.39, 0.29) is 11.6 Å². The van der Waals surface area contributed by atoms with Gasteiger partial charge < -0.3 is 10.1 Å². The third kappa shape index (κ3) is 4.15. The summed E-state index contributed by atoms with van der Waals surface area (Å²) in [7, 11) is 1.45. The van der Waals surface area contributed by atoms with Crippen molar-refractivity contribution < 1.29 is 14.5 Å². The highest BCUT2D eigenvalue weighted by Crippen LogP contribution is 2.29. The number of non-ortho nitro benzene ring substituents is 1. The second-order valence-electron chi connectivity index (χ2n) is 5.62. The molecule has 0 saturated carbocycles. The minimum Gasteiger partial charge on any atom is -0.495 e. The molecule has 8 heteroatoms. The number of nitro benzene ring substituents is 1. The Labute approximate surface area is 153 Å². The number of aromatic nitrogens is 1. The number of para-hydroxylation sites is 1. The van der Waals surface area contributed by atoms with Crippen molar-refractivity contribution in [2.45, 2.75) is 19.3 Å². The Bertz CT molecular complexity index is 922. The van der Waals surface area contributed by atoms with E-state index in [2.05, 4.69) is 10.3 Å². The number of nitrogens with one attached hydrogen (secondary N) is 1. The molecule has 0 aliphatic heterocycles. The molecule has 0 bridgehead atoms. The van der Waals surface area contributed by atoms with Crippen LogP contribution in [0.25, 0.3) is 10.2 Å². The van der Waals surface area contributed by atoms with Gasteiger partial charge in [-0.15, -0.1) is 11.3 Å². The summed E-state index contributed by atoms with van der Waals surface area (Å²) in [6.45, 7) is 0. The van der Waals surface area contributed by atoms with Crippen LogP contribution in [0.4, 0.5) is 11.4 Å². The standard InChI is InChI=1S/C18H17N3O4S/c1-25-15-10-9-12(21(23)24)11-14(15)19-17(22)7-4-8-18-20-13-5-2-3-6-16(13)26-18/h2-3,5-6,9-11H,4,7-8H2,1H3,(H,19,22). The molecule has 0 unspecified atom stereocenters. The lowest BCUT2D eigenvalue weighted by Gasteiger charge is -2.09. The van der Waals surface area contributed by atoms with Gasteiger partial charge in [-0.1, -0.05) is 12.1 Å². The molecular formula is C18H17N3O4S. The summed E-state index contributed by atoms with van der Waals surface area (Å²) < 4.78 is 6.28. The van der Waals surface area contributed by atoms with Crippen molar-refractivity contribution in [2.75, 3.05) is 12.4 Å². The number of fused-ring (bicyclic) bond motifs is 1. The highest BCUT2D eigenvalue weighted by molar-refractivity contribution is 7.18. The van der Waals surface area contributed by atoms with E-state index in [1.807, 2.05) is 24.3 Å². The van der Waals surface area contributed by atoms with Crippen molar-refractivity contribution in [3.05, 3.63) is 57.6 Å². The molecule has 7 nitrogen and oxygen atoms in total. The van der Waals surface area contributed by atoms with Gasteiger partial charge in [-0.05, 0) is 31.0 Å². The van der Waals surface area contributed by atoms with E-state index in [1.165, 1.54) is 25.3 Å². The van der Waals surface area contributed by atoms with Gasteiger partial charge in [0.25, 0.3) is 5.69 Å². The maximum atomic E-state index is 12.2. The van der Waals surface area contributed by atoms with Crippen LogP contribution >= 0.6 is 11.3 Å². The molecular weight excluding hydrogens is 354 g/mol. The maximum Gasteiger partial charge on any atom is 0.271 e. The number of ether oxygens (including phenoxy) is 1. The number of thiazole rings is 1. The Morgan fingerprint density at radius 3 is 2.85 bits per heavy atom. The first kappa shape index (κ1) is 17.8. The fourth-order valence-electron chi connectivity index (χ4n) is 2.55. The Balaban J connectivity index is 1.58. The molecule has 1 amide bonds. The molecule has 26 heavy (non-hydrogen) atoms. The summed E-state index contributed by atoms with van der Waals surface area (Å²) in [4.78, 5) is 27.1. The predicted octanol–water partition coefficient (Wildman–Crippen LogP) is 4.17. The molecule has 3 rings (SSSR count). The maximum absolute atomic E-state index is 12.2. The third-order valence-electron chi connectivity index (χ3n) is 3.80. The summed E-state index contributed by atoms with van der Waals surface area (Å²) in [5, 5.41) is 14.6. The van der Waals surface area contributed by atoms with Crippen LogP contribution in [0.2, 0.25) is 0 Å². The minimum absolute atomic E-state index is 0.101. The van der Waals surface area contributed by atoms with Crippen molar-refractivity contribution in [2.24, 2.45) is 0 Å². The van der Waals surface area contributed by atoms with Gasteiger partial charge in [0.2, 0.25) is 5.91 Å². The first-order chi connectivity index (χ1) is 12.6. The Morgan fingerprint density at radius 1 is 1.31 bits per heavy atom. The van der Waals surface area contributed by atoms with Crippen molar-refractivity contribution in [3.8, 4) is 5.75 Å². The van der Waals surface area contributed by atoms with Crippen molar-refractivity contribution in [1.82, 2.24) is 4.98 Å². The number of hydrogen-bond acceptors (Lipinski definition) is 6. The lowest BCUT2D eigenvalue weighted by molar-refractivity contribution is -0.384. The number of anilines is 1. The average molecular weight is 371 g/mol. The molecule has 1 aromatic heterocycles. The van der Waals surface area contributed by atoms with Crippen LogP contribution in [-0.4, -0.2) is 22.9 Å². The largest absolute Gasteiger partial charge is 0.495 e. The first-order valence-corrected chi connectivity index (χ1v) is 8.85. The van der Waals surface area contributed by atoms with Gasteiger partial charge in [0.1, 0.15) is 5.75 Å². The Morgan fingerprint density at radius 2 is 2.12 bits per heavy atom. The van der Waals surface area contributed by atoms with Gasteiger partial charge in [0.15, 0.2) is 0 Å². The molecule has 0 saturated heterocycles. The smallest absolute Gasteiger partial charge is 0.271 e. The molecule has 0 atom stereocenters. The molecule has 2 aromatic carbocycles. The normalized spacial score (nSPS) is 10.7. The Hall–Kier alpha value is -3.00. The van der Waals surface area contributed by atoms with E-state index in [1.54, 1.807) is 11.3 Å². The SMILES string of the molecule is COc1ccc([N+](=O)[O-])cc1NC(=O)CCCc1nc2ccccc2s1. The average Bonchev–Trinajstić information content (AvgIpc) is 3.04. The molecule has 1 N–H and O–H groups in total. The summed E-state index contributed by atoms with van der Waals surface area (Å²) >= 11 is 1.63. The van der Waals surface area contributed by atoms with Gasteiger partial charge >= 0.3 is 0 Å². The van der Waals surface area contributed by atoms with Gasteiger partial charge in [-0.2, -0.15) is 0 Å². The predicted molar refractivity (Wildman–Crippen MR) is 101 cm³/mol. The number of nitro groups is 1. The second-order valence-corrected chi connectivity index (χ2v) is 6.73. The zero-order chi connectivity index (χ0) is 18.5. The number of aryl methyl sites for hydroxylation is 1. The van der Waals surface area contributed by atoms with Crippen LogP contribution in [-0.2, 0) is 11.2 Å². The van der Waals surface area contributed by atoms with Crippen LogP contribution in [0.5, 0.6) is 5.75 Å². The van der Waals surface area contributed by atoms with E-state index >= 15 is 0 Å². The van der Waals surface area contributed by atoms with E-state index in [4.69, 9.17) is 4.74 Å².